The number of aromatic amines is 1. The third-order valence-corrected chi connectivity index (χ3v) is 9.11. The molecule has 54 heavy (non-hydrogen) atoms. The summed E-state index contributed by atoms with van der Waals surface area (Å²) >= 11 is 0. The van der Waals surface area contributed by atoms with Crippen molar-refractivity contribution >= 4 is 29.2 Å². The summed E-state index contributed by atoms with van der Waals surface area (Å²) in [6, 6.07) is -0.627. The molecule has 0 aliphatic rings. The lowest BCUT2D eigenvalue weighted by Crippen LogP contribution is -2.33. The van der Waals surface area contributed by atoms with Crippen LogP contribution in [0.25, 0.3) is 0 Å². The fraction of sp³-hybridized carbons (Fsp3) is 0.800. The van der Waals surface area contributed by atoms with Crippen molar-refractivity contribution in [2.24, 2.45) is 11.7 Å². The minimum atomic E-state index is -0.627. The Labute approximate surface area is 323 Å². The maximum atomic E-state index is 12.4. The number of ether oxygens (including phenoxy) is 4. The highest BCUT2D eigenvalue weighted by molar-refractivity contribution is 5.85. The second kappa shape index (κ2) is 34.5. The molecule has 0 aromatic carbocycles. The Bertz CT molecular complexity index is 1120. The van der Waals surface area contributed by atoms with Crippen LogP contribution in [0.4, 0.5) is 0 Å². The van der Waals surface area contributed by atoms with Crippen LogP contribution >= 0.6 is 0 Å². The molecule has 0 radical (unpaired) electrons. The first-order valence-corrected chi connectivity index (χ1v) is 20.3. The highest BCUT2D eigenvalue weighted by Gasteiger charge is 2.20. The van der Waals surface area contributed by atoms with Crippen LogP contribution in [0.5, 0.6) is 0 Å². The van der Waals surface area contributed by atoms with Gasteiger partial charge in [-0.2, -0.15) is 0 Å². The topological polar surface area (TPSA) is 201 Å². The number of Topliss-reactive ketones (excluding diaryl/α,β-unsaturated/α-hetero) is 3. The Kier molecular flexibility index (Phi) is 31.2. The van der Waals surface area contributed by atoms with Crippen LogP contribution in [-0.4, -0.2) is 111 Å². The van der Waals surface area contributed by atoms with Gasteiger partial charge in [0.25, 0.3) is 0 Å². The van der Waals surface area contributed by atoms with E-state index >= 15 is 0 Å². The van der Waals surface area contributed by atoms with Crippen molar-refractivity contribution in [3.8, 4) is 0 Å². The lowest BCUT2D eigenvalue weighted by atomic mass is 9.90. The van der Waals surface area contributed by atoms with E-state index in [-0.39, 0.29) is 62.1 Å². The number of carbonyl (C=O) groups is 5. The molecule has 0 unspecified atom stereocenters. The molecule has 5 N–H and O–H groups in total. The first-order valence-electron chi connectivity index (χ1n) is 20.3. The number of rotatable bonds is 39. The lowest BCUT2D eigenvalue weighted by Gasteiger charge is -2.15. The molecule has 14 nitrogen and oxygen atoms in total. The van der Waals surface area contributed by atoms with Crippen molar-refractivity contribution in [2.45, 2.75) is 135 Å². The average molecular weight is 766 g/mol. The van der Waals surface area contributed by atoms with Gasteiger partial charge < -0.3 is 40.3 Å². The van der Waals surface area contributed by atoms with E-state index < -0.39 is 6.04 Å². The largest absolute Gasteiger partial charge is 0.379 e. The van der Waals surface area contributed by atoms with E-state index in [0.717, 1.165) is 25.0 Å². The van der Waals surface area contributed by atoms with Gasteiger partial charge in [0.2, 0.25) is 11.8 Å². The van der Waals surface area contributed by atoms with E-state index in [2.05, 4.69) is 27.5 Å². The number of hydrogen-bond acceptors (Lipinski definition) is 11. The van der Waals surface area contributed by atoms with Crippen LogP contribution in [0.3, 0.4) is 0 Å². The van der Waals surface area contributed by atoms with Crippen molar-refractivity contribution in [3.05, 3.63) is 18.2 Å². The number of nitrogens with one attached hydrogen (secondary N) is 3. The number of aromatic nitrogens is 2. The molecule has 1 aromatic rings. The molecule has 0 fully saturated rings. The van der Waals surface area contributed by atoms with Crippen LogP contribution < -0.4 is 16.4 Å². The molecule has 1 aromatic heterocycles. The molecule has 0 aliphatic heterocycles. The SMILES string of the molecule is CCCCCCCCCCCC(=O)CCCOCCOCC(=O)NCCOCCOCC(=O)NCCCC[C@H](CCC(=O)[C@@H](N)Cc1cnc[nH]1)C(C)=O. The van der Waals surface area contributed by atoms with Crippen LogP contribution in [0.1, 0.15) is 129 Å². The lowest BCUT2D eigenvalue weighted by molar-refractivity contribution is -0.127. The van der Waals surface area contributed by atoms with Gasteiger partial charge in [0, 0.05) is 63.2 Å². The summed E-state index contributed by atoms with van der Waals surface area (Å²) in [5.74, 6) is -0.407. The van der Waals surface area contributed by atoms with Crippen molar-refractivity contribution in [1.82, 2.24) is 20.6 Å². The number of nitrogens with two attached hydrogens (primary N) is 1. The number of carbonyl (C=O) groups excluding carboxylic acids is 5. The zero-order valence-corrected chi connectivity index (χ0v) is 33.3. The number of unbranched alkanes of at least 4 members (excludes halogenated alkanes) is 9. The molecule has 14 heteroatoms. The summed E-state index contributed by atoms with van der Waals surface area (Å²) in [6.07, 6.45) is 19.6. The first-order chi connectivity index (χ1) is 26.2. The summed E-state index contributed by atoms with van der Waals surface area (Å²) < 4.78 is 21.6. The van der Waals surface area contributed by atoms with E-state index in [0.29, 0.717) is 90.2 Å². The zero-order valence-electron chi connectivity index (χ0n) is 33.3. The van der Waals surface area contributed by atoms with E-state index in [1.54, 1.807) is 19.4 Å². The number of H-pyrrole nitrogens is 1. The number of nitrogens with zero attached hydrogens (tertiary/aromatic N) is 1. The predicted molar refractivity (Wildman–Crippen MR) is 208 cm³/mol. The number of hydrogen-bond donors (Lipinski definition) is 4. The standard InChI is InChI=1S/C40H71N5O9/c1-3-4-5-6-7-8-9-10-11-16-36(47)17-14-22-51-24-26-53-31-40(50)44-21-23-52-25-27-54-30-39(49)43-20-13-12-15-34(33(2)46)18-19-38(48)37(41)28-35-29-42-32-45-35/h29,32,34,37H,3-28,30-31,41H2,1-2H3,(H,42,45)(H,43,49)(H,44,50)/t34-,37+/m1/s1. The minimum absolute atomic E-state index is 0.0502. The van der Waals surface area contributed by atoms with E-state index in [1.807, 2.05) is 0 Å². The minimum Gasteiger partial charge on any atom is -0.379 e. The van der Waals surface area contributed by atoms with Crippen molar-refractivity contribution in [1.29, 1.82) is 0 Å². The van der Waals surface area contributed by atoms with Gasteiger partial charge >= 0.3 is 0 Å². The molecule has 2 amide bonds. The smallest absolute Gasteiger partial charge is 0.246 e. The monoisotopic (exact) mass is 766 g/mol. The molecular formula is C40H71N5O9. The summed E-state index contributed by atoms with van der Waals surface area (Å²) in [7, 11) is 0. The Morgan fingerprint density at radius 2 is 1.28 bits per heavy atom. The molecule has 0 saturated heterocycles. The summed E-state index contributed by atoms with van der Waals surface area (Å²) in [5.41, 5.74) is 6.81. The summed E-state index contributed by atoms with van der Waals surface area (Å²) in [5, 5.41) is 5.51. The first kappa shape index (κ1) is 49.0. The van der Waals surface area contributed by atoms with Crippen molar-refractivity contribution in [3.63, 3.8) is 0 Å². The Hall–Kier alpha value is -3.04. The van der Waals surface area contributed by atoms with E-state index in [4.69, 9.17) is 24.7 Å². The molecule has 1 heterocycles. The number of imidazole rings is 1. The average Bonchev–Trinajstić information content (AvgIpc) is 3.66. The molecular weight excluding hydrogens is 694 g/mol. The van der Waals surface area contributed by atoms with Crippen LogP contribution in [-0.2, 0) is 49.3 Å². The third-order valence-electron chi connectivity index (χ3n) is 9.11. The van der Waals surface area contributed by atoms with Gasteiger partial charge in [0.05, 0.1) is 45.4 Å². The number of amides is 2. The van der Waals surface area contributed by atoms with Gasteiger partial charge in [-0.3, -0.25) is 24.0 Å². The van der Waals surface area contributed by atoms with E-state index in [9.17, 15) is 24.0 Å². The van der Waals surface area contributed by atoms with Crippen LogP contribution in [0, 0.1) is 5.92 Å². The molecule has 0 saturated carbocycles. The van der Waals surface area contributed by atoms with E-state index in [1.165, 1.54) is 44.9 Å². The van der Waals surface area contributed by atoms with Gasteiger partial charge in [-0.05, 0) is 39.0 Å². The maximum absolute atomic E-state index is 12.4. The van der Waals surface area contributed by atoms with Crippen LogP contribution in [0.15, 0.2) is 12.5 Å². The fourth-order valence-electron chi connectivity index (χ4n) is 5.81. The van der Waals surface area contributed by atoms with Gasteiger partial charge in [0.15, 0.2) is 0 Å². The normalized spacial score (nSPS) is 12.4. The summed E-state index contributed by atoms with van der Waals surface area (Å²) in [4.78, 5) is 67.3. The summed E-state index contributed by atoms with van der Waals surface area (Å²) in [6.45, 7) is 6.41. The van der Waals surface area contributed by atoms with Crippen molar-refractivity contribution in [2.75, 3.05) is 65.9 Å². The van der Waals surface area contributed by atoms with Crippen molar-refractivity contribution < 1.29 is 42.9 Å². The zero-order chi connectivity index (χ0) is 39.5. The Morgan fingerprint density at radius 3 is 1.91 bits per heavy atom. The quantitative estimate of drug-likeness (QED) is 0.0684. The highest BCUT2D eigenvalue weighted by Crippen LogP contribution is 2.17. The molecule has 1 rings (SSSR count). The molecule has 0 bridgehead atoms. The predicted octanol–water partition coefficient (Wildman–Crippen LogP) is 4.57. The van der Waals surface area contributed by atoms with Gasteiger partial charge in [-0.1, -0.05) is 64.7 Å². The molecule has 0 aliphatic carbocycles. The third kappa shape index (κ3) is 29.3. The molecule has 2 atom stereocenters. The Morgan fingerprint density at radius 1 is 0.685 bits per heavy atom. The fourth-order valence-corrected chi connectivity index (χ4v) is 5.81. The maximum Gasteiger partial charge on any atom is 0.246 e. The van der Waals surface area contributed by atoms with Crippen LogP contribution in [0.2, 0.25) is 0 Å². The molecule has 0 spiro atoms. The van der Waals surface area contributed by atoms with Gasteiger partial charge in [-0.15, -0.1) is 0 Å². The Balaban J connectivity index is 1.87. The van der Waals surface area contributed by atoms with Gasteiger partial charge in [-0.25, -0.2) is 4.98 Å². The second-order valence-corrected chi connectivity index (χ2v) is 13.9. The molecule has 310 valence electrons. The highest BCUT2D eigenvalue weighted by atomic mass is 16.5. The van der Waals surface area contributed by atoms with Gasteiger partial charge in [0.1, 0.15) is 30.6 Å². The number of ketones is 3. The second-order valence-electron chi connectivity index (χ2n) is 13.9.